The van der Waals surface area contributed by atoms with Gasteiger partial charge in [-0.05, 0) is 67.9 Å². The molecule has 0 saturated carbocycles. The number of nitrogens with two attached hydrogens (primary N) is 2. The van der Waals surface area contributed by atoms with E-state index in [-0.39, 0.29) is 23.9 Å². The molecular weight excluding hydrogens is 647 g/mol. The van der Waals surface area contributed by atoms with E-state index in [4.69, 9.17) is 20.5 Å². The minimum absolute atomic E-state index is 0.0304. The van der Waals surface area contributed by atoms with E-state index in [9.17, 15) is 24.1 Å². The summed E-state index contributed by atoms with van der Waals surface area (Å²) < 4.78 is 26.8. The van der Waals surface area contributed by atoms with E-state index in [1.54, 1.807) is 109 Å². The molecule has 0 aliphatic carbocycles. The quantitative estimate of drug-likeness (QED) is 0.0613. The van der Waals surface area contributed by atoms with Crippen molar-refractivity contribution in [1.29, 1.82) is 0 Å². The van der Waals surface area contributed by atoms with Crippen LogP contribution < -0.4 is 36.5 Å². The maximum atomic E-state index is 14.8. The van der Waals surface area contributed by atoms with Gasteiger partial charge in [0.2, 0.25) is 11.8 Å². The van der Waals surface area contributed by atoms with Crippen molar-refractivity contribution in [3.8, 4) is 11.5 Å². The largest absolute Gasteiger partial charge is 0.453 e. The number of carbonyl (C=O) groups is 3. The highest BCUT2D eigenvalue weighted by atomic mass is 31.2. The van der Waals surface area contributed by atoms with Crippen molar-refractivity contribution in [1.82, 2.24) is 16.0 Å². The molecule has 3 amide bonds. The first-order chi connectivity index (χ1) is 23.5. The van der Waals surface area contributed by atoms with Crippen LogP contribution in [0.25, 0.3) is 0 Å². The normalized spacial score (nSPS) is 12.8. The van der Waals surface area contributed by atoms with Crippen molar-refractivity contribution in [2.45, 2.75) is 38.1 Å². The second-order valence-corrected chi connectivity index (χ2v) is 13.2. The Balaban J connectivity index is 1.58. The number of aliphatic imine (C=N–C) groups is 1. The molecule has 0 radical (unpaired) electrons. The van der Waals surface area contributed by atoms with Crippen LogP contribution in [0, 0.1) is 6.92 Å². The summed E-state index contributed by atoms with van der Waals surface area (Å²) in [6, 6.07) is 27.6. The zero-order valence-corrected chi connectivity index (χ0v) is 27.9. The van der Waals surface area contributed by atoms with Gasteiger partial charge in [-0.3, -0.25) is 14.4 Å². The van der Waals surface area contributed by atoms with Gasteiger partial charge in [0.05, 0.1) is 12.3 Å². The Morgan fingerprint density at radius 3 is 1.84 bits per heavy atom. The van der Waals surface area contributed by atoms with Gasteiger partial charge in [0.25, 0.3) is 5.91 Å². The number of guanidine groups is 1. The van der Waals surface area contributed by atoms with Crippen molar-refractivity contribution in [2.75, 3.05) is 6.61 Å². The van der Waals surface area contributed by atoms with Gasteiger partial charge in [-0.25, -0.2) is 9.56 Å². The fourth-order valence-electron chi connectivity index (χ4n) is 4.53. The van der Waals surface area contributed by atoms with Crippen molar-refractivity contribution >= 4 is 37.0 Å². The lowest BCUT2D eigenvalue weighted by Gasteiger charge is -2.29. The number of aliphatic hydroxyl groups excluding tert-OH is 1. The maximum Gasteiger partial charge on any atom is 0.453 e. The Hall–Kier alpha value is -5.65. The highest BCUT2D eigenvalue weighted by Crippen LogP contribution is 2.53. The average Bonchev–Trinajstić information content (AvgIpc) is 3.08. The molecule has 3 atom stereocenters. The molecule has 8 N–H and O–H groups in total. The van der Waals surface area contributed by atoms with Crippen LogP contribution in [0.4, 0.5) is 5.69 Å². The van der Waals surface area contributed by atoms with Gasteiger partial charge < -0.3 is 41.6 Å². The zero-order valence-electron chi connectivity index (χ0n) is 27.0. The number of aryl methyl sites for hydroxylation is 1. The smallest absolute Gasteiger partial charge is 0.415 e. The molecule has 256 valence electrons. The number of aliphatic hydroxyl groups is 1. The Morgan fingerprint density at radius 2 is 1.33 bits per heavy atom. The third-order valence-corrected chi connectivity index (χ3v) is 9.14. The van der Waals surface area contributed by atoms with Crippen LogP contribution in [0.5, 0.6) is 11.5 Å². The minimum Gasteiger partial charge on any atom is -0.415 e. The van der Waals surface area contributed by atoms with Gasteiger partial charge in [-0.15, -0.1) is 0 Å². The van der Waals surface area contributed by atoms with Crippen molar-refractivity contribution in [3.63, 3.8) is 0 Å². The lowest BCUT2D eigenvalue weighted by molar-refractivity contribution is -0.130. The summed E-state index contributed by atoms with van der Waals surface area (Å²) in [6.07, 6.45) is -0.0304. The molecule has 14 heteroatoms. The number of rotatable bonds is 15. The Bertz CT molecular complexity index is 1740. The van der Waals surface area contributed by atoms with Crippen molar-refractivity contribution in [2.24, 2.45) is 16.5 Å². The number of amides is 3. The summed E-state index contributed by atoms with van der Waals surface area (Å²) in [5.74, 6) is -3.03. The zero-order chi connectivity index (χ0) is 35.4. The number of hydrogen-bond acceptors (Lipinski definition) is 8. The molecule has 4 aromatic rings. The molecule has 49 heavy (non-hydrogen) atoms. The third kappa shape index (κ3) is 10.7. The molecule has 0 aliphatic rings. The molecule has 4 aromatic carbocycles. The molecule has 0 spiro atoms. The fourth-order valence-corrected chi connectivity index (χ4v) is 6.38. The summed E-state index contributed by atoms with van der Waals surface area (Å²) >= 11 is 0. The molecule has 13 nitrogen and oxygen atoms in total. The molecule has 0 aromatic heterocycles. The Morgan fingerprint density at radius 1 is 0.776 bits per heavy atom. The van der Waals surface area contributed by atoms with Gasteiger partial charge in [-0.1, -0.05) is 66.2 Å². The van der Waals surface area contributed by atoms with Crippen LogP contribution in [0.2, 0.25) is 0 Å². The SMILES string of the molecule is Cc1ccc(C(=O)N[C@H](CO)C(=O)N[C@@H](C)C(=O)NC(Cc2ccc(N=C(N)N)cc2)P(=O)(Oc2ccccc2)Oc2ccccc2)cc1. The van der Waals surface area contributed by atoms with E-state index >= 15 is 0 Å². The fraction of sp³-hybridized carbons (Fsp3) is 0.200. The summed E-state index contributed by atoms with van der Waals surface area (Å²) in [4.78, 5) is 43.4. The molecule has 0 heterocycles. The van der Waals surface area contributed by atoms with Gasteiger partial charge in [0.15, 0.2) is 11.7 Å². The molecule has 0 bridgehead atoms. The highest BCUT2D eigenvalue weighted by Gasteiger charge is 2.41. The summed E-state index contributed by atoms with van der Waals surface area (Å²) in [5.41, 5.74) is 13.3. The van der Waals surface area contributed by atoms with Crippen LogP contribution in [-0.2, 0) is 20.6 Å². The van der Waals surface area contributed by atoms with Crippen molar-refractivity contribution < 1.29 is 33.1 Å². The predicted octanol–water partition coefficient (Wildman–Crippen LogP) is 3.53. The predicted molar refractivity (Wildman–Crippen MR) is 186 cm³/mol. The lowest BCUT2D eigenvalue weighted by atomic mass is 10.1. The average molecular weight is 687 g/mol. The van der Waals surface area contributed by atoms with E-state index in [2.05, 4.69) is 20.9 Å². The topological polar surface area (TPSA) is 207 Å². The molecular formula is C35H39N6O7P. The maximum absolute atomic E-state index is 14.8. The standard InChI is InChI=1S/C35H39N6O7P/c1-23-13-17-26(18-14-23)33(44)40-30(22-42)34(45)38-24(2)32(43)41-31(21-25-15-19-27(20-16-25)39-35(36)37)49(46,47-28-9-5-3-6-10-28)48-29-11-7-4-8-12-29/h3-20,24,30-31,42H,21-22H2,1-2H3,(H,38,45)(H,40,44)(H,41,43)(H4,36,37,39)/t24-,30+,31?/m0/s1. The number of nitrogens with one attached hydrogen (secondary N) is 3. The first kappa shape index (κ1) is 36.2. The summed E-state index contributed by atoms with van der Waals surface area (Å²) in [6.45, 7) is 2.56. The van der Waals surface area contributed by atoms with E-state index in [0.29, 0.717) is 16.8 Å². The first-order valence-electron chi connectivity index (χ1n) is 15.3. The lowest BCUT2D eigenvalue weighted by Crippen LogP contribution is -2.55. The van der Waals surface area contributed by atoms with E-state index in [0.717, 1.165) is 5.56 Å². The van der Waals surface area contributed by atoms with Gasteiger partial charge in [-0.2, -0.15) is 0 Å². The van der Waals surface area contributed by atoms with E-state index < -0.39 is 49.8 Å². The second-order valence-electron chi connectivity index (χ2n) is 11.1. The number of para-hydroxylation sites is 2. The highest BCUT2D eigenvalue weighted by molar-refractivity contribution is 7.55. The summed E-state index contributed by atoms with van der Waals surface area (Å²) in [5, 5.41) is 17.6. The number of nitrogens with zero attached hydrogens (tertiary/aromatic N) is 1. The molecule has 1 unspecified atom stereocenters. The van der Waals surface area contributed by atoms with Gasteiger partial charge in [0.1, 0.15) is 23.6 Å². The van der Waals surface area contributed by atoms with Gasteiger partial charge in [0, 0.05) is 12.0 Å². The first-order valence-corrected chi connectivity index (χ1v) is 16.9. The third-order valence-electron chi connectivity index (χ3n) is 7.14. The summed E-state index contributed by atoms with van der Waals surface area (Å²) in [7, 11) is -4.29. The van der Waals surface area contributed by atoms with Crippen LogP contribution in [0.3, 0.4) is 0 Å². The molecule has 4 rings (SSSR count). The number of carbonyl (C=O) groups excluding carboxylic acids is 3. The molecule has 0 fully saturated rings. The van der Waals surface area contributed by atoms with E-state index in [1.807, 2.05) is 6.92 Å². The molecule has 0 aliphatic heterocycles. The second kappa shape index (κ2) is 17.0. The van der Waals surface area contributed by atoms with Crippen LogP contribution >= 0.6 is 7.60 Å². The number of hydrogen-bond donors (Lipinski definition) is 6. The van der Waals surface area contributed by atoms with Crippen molar-refractivity contribution in [3.05, 3.63) is 126 Å². The Labute approximate surface area is 284 Å². The Kier molecular flexibility index (Phi) is 12.5. The number of benzene rings is 4. The monoisotopic (exact) mass is 686 g/mol. The minimum atomic E-state index is -4.29. The van der Waals surface area contributed by atoms with E-state index in [1.165, 1.54) is 6.92 Å². The van der Waals surface area contributed by atoms with Crippen LogP contribution in [0.1, 0.15) is 28.4 Å². The van der Waals surface area contributed by atoms with Crippen LogP contribution in [0.15, 0.2) is 114 Å². The van der Waals surface area contributed by atoms with Gasteiger partial charge >= 0.3 is 7.60 Å². The molecule has 0 saturated heterocycles. The van der Waals surface area contributed by atoms with Crippen LogP contribution in [-0.4, -0.2) is 53.3 Å².